The molecule has 2 aromatic heterocycles. The average molecular weight is 354 g/mol. The van der Waals surface area contributed by atoms with E-state index in [9.17, 15) is 22.4 Å². The molecule has 2 N–H and O–H groups in total. The van der Waals surface area contributed by atoms with Crippen molar-refractivity contribution in [1.82, 2.24) is 20.0 Å². The van der Waals surface area contributed by atoms with Gasteiger partial charge in [-0.2, -0.15) is 13.2 Å². The molecule has 130 valence electrons. The zero-order chi connectivity index (χ0) is 18.2. The molecule has 1 amide bonds. The van der Waals surface area contributed by atoms with Crippen molar-refractivity contribution in [1.29, 1.82) is 0 Å². The Kier molecular flexibility index (Phi) is 4.13. The normalized spacial score (nSPS) is 11.7. The predicted octanol–water partition coefficient (Wildman–Crippen LogP) is 2.76. The summed E-state index contributed by atoms with van der Waals surface area (Å²) >= 11 is 0. The highest BCUT2D eigenvalue weighted by atomic mass is 19.4. The lowest BCUT2D eigenvalue weighted by molar-refractivity contribution is -0.146. The van der Waals surface area contributed by atoms with Gasteiger partial charge in [-0.1, -0.05) is 12.1 Å². The maximum atomic E-state index is 14.1. The van der Waals surface area contributed by atoms with Crippen molar-refractivity contribution in [2.45, 2.75) is 12.7 Å². The molecule has 0 spiro atoms. The summed E-state index contributed by atoms with van der Waals surface area (Å²) in [6.07, 6.45) is -3.78. The molecular weight excluding hydrogens is 344 g/mol. The molecule has 0 atom stereocenters. The maximum absolute atomic E-state index is 14.1. The summed E-state index contributed by atoms with van der Waals surface area (Å²) in [5.41, 5.74) is 1.04. The number of halogens is 4. The number of nitrogens with zero attached hydrogens (tertiary/aromatic N) is 3. The van der Waals surface area contributed by atoms with Crippen LogP contribution in [-0.2, 0) is 12.7 Å². The lowest BCUT2D eigenvalue weighted by Gasteiger charge is -2.12. The highest BCUT2D eigenvalue weighted by molar-refractivity contribution is 5.93. The number of nitrogens with one attached hydrogen (secondary N) is 1. The number of carbonyl (C=O) groups is 1. The molecule has 0 unspecified atom stereocenters. The predicted molar refractivity (Wildman–Crippen MR) is 77.3 cm³/mol. The number of alkyl halides is 3. The van der Waals surface area contributed by atoms with Gasteiger partial charge in [0.25, 0.3) is 5.91 Å². The summed E-state index contributed by atoms with van der Waals surface area (Å²) in [5.74, 6) is -3.14. The zero-order valence-corrected chi connectivity index (χ0v) is 12.4. The number of hydrogen-bond donors (Lipinski definition) is 2. The van der Waals surface area contributed by atoms with E-state index in [0.717, 1.165) is 16.8 Å². The molecule has 0 aliphatic carbocycles. The molecule has 0 fully saturated rings. The van der Waals surface area contributed by atoms with Gasteiger partial charge in [0, 0.05) is 6.20 Å². The van der Waals surface area contributed by atoms with Crippen molar-refractivity contribution >= 4 is 16.9 Å². The Morgan fingerprint density at radius 3 is 2.64 bits per heavy atom. The van der Waals surface area contributed by atoms with Crippen LogP contribution in [0.5, 0.6) is 0 Å². The summed E-state index contributed by atoms with van der Waals surface area (Å²) in [6.45, 7) is -0.526. The summed E-state index contributed by atoms with van der Waals surface area (Å²) in [7, 11) is 0. The molecule has 3 aromatic rings. The summed E-state index contributed by atoms with van der Waals surface area (Å²) < 4.78 is 54.6. The number of pyridine rings is 1. The van der Waals surface area contributed by atoms with E-state index in [1.54, 1.807) is 12.1 Å². The van der Waals surface area contributed by atoms with Crippen LogP contribution in [0.15, 0.2) is 36.5 Å². The van der Waals surface area contributed by atoms with E-state index in [-0.39, 0.29) is 22.3 Å². The summed E-state index contributed by atoms with van der Waals surface area (Å²) in [4.78, 5) is 18.5. The Bertz CT molecular complexity index is 952. The van der Waals surface area contributed by atoms with Gasteiger partial charge in [-0.15, -0.1) is 0 Å². The standard InChI is InChI=1S/C15H10F4N4O2/c16-9-5-8(13(24)22-25)6-20-11(9)7-23-12-4-2-1-3-10(12)21-14(23)15(17,18)19/h1-6,25H,7H2,(H,22,24). The quantitative estimate of drug-likeness (QED) is 0.431. The van der Waals surface area contributed by atoms with E-state index in [1.807, 2.05) is 0 Å². The van der Waals surface area contributed by atoms with Crippen molar-refractivity contribution in [2.24, 2.45) is 0 Å². The summed E-state index contributed by atoms with van der Waals surface area (Å²) in [6, 6.07) is 6.71. The number of hydroxylamine groups is 1. The van der Waals surface area contributed by atoms with Crippen molar-refractivity contribution < 1.29 is 27.6 Å². The van der Waals surface area contributed by atoms with Gasteiger partial charge in [0.2, 0.25) is 5.82 Å². The topological polar surface area (TPSA) is 80.0 Å². The van der Waals surface area contributed by atoms with E-state index in [2.05, 4.69) is 9.97 Å². The number of para-hydroxylation sites is 2. The fourth-order valence-electron chi connectivity index (χ4n) is 2.37. The van der Waals surface area contributed by atoms with Crippen LogP contribution in [0.3, 0.4) is 0 Å². The molecule has 10 heteroatoms. The molecule has 0 aliphatic heterocycles. The molecule has 0 radical (unpaired) electrons. The second-order valence-electron chi connectivity index (χ2n) is 5.10. The third kappa shape index (κ3) is 3.15. The monoisotopic (exact) mass is 354 g/mol. The zero-order valence-electron chi connectivity index (χ0n) is 12.4. The molecule has 0 bridgehead atoms. The number of amides is 1. The minimum atomic E-state index is -4.73. The molecule has 1 aromatic carbocycles. The maximum Gasteiger partial charge on any atom is 0.449 e. The van der Waals surface area contributed by atoms with Crippen molar-refractivity contribution in [3.63, 3.8) is 0 Å². The van der Waals surface area contributed by atoms with Gasteiger partial charge >= 0.3 is 6.18 Å². The second kappa shape index (κ2) is 6.13. The van der Waals surface area contributed by atoms with Crippen LogP contribution < -0.4 is 5.48 Å². The van der Waals surface area contributed by atoms with Crippen LogP contribution in [0.1, 0.15) is 21.9 Å². The fraction of sp³-hybridized carbons (Fsp3) is 0.133. The Labute approximate surface area is 137 Å². The van der Waals surface area contributed by atoms with E-state index in [0.29, 0.717) is 0 Å². The summed E-state index contributed by atoms with van der Waals surface area (Å²) in [5, 5.41) is 8.51. The minimum Gasteiger partial charge on any atom is -0.314 e. The van der Waals surface area contributed by atoms with E-state index in [1.165, 1.54) is 17.6 Å². The number of imidazole rings is 1. The van der Waals surface area contributed by atoms with Gasteiger partial charge in [-0.3, -0.25) is 15.0 Å². The molecule has 0 saturated heterocycles. The van der Waals surface area contributed by atoms with Gasteiger partial charge in [-0.05, 0) is 18.2 Å². The Hall–Kier alpha value is -3.01. The number of carbonyl (C=O) groups excluding carboxylic acids is 1. The second-order valence-corrected chi connectivity index (χ2v) is 5.10. The van der Waals surface area contributed by atoms with E-state index < -0.39 is 30.3 Å². The minimum absolute atomic E-state index is 0.117. The van der Waals surface area contributed by atoms with E-state index in [4.69, 9.17) is 5.21 Å². The first-order chi connectivity index (χ1) is 11.8. The molecule has 0 saturated carbocycles. The van der Waals surface area contributed by atoms with Crippen molar-refractivity contribution in [3.8, 4) is 0 Å². The molecule has 0 aliphatic rings. The first-order valence-corrected chi connectivity index (χ1v) is 6.92. The van der Waals surface area contributed by atoms with Gasteiger partial charge < -0.3 is 4.57 Å². The molecular formula is C15H10F4N4O2. The Morgan fingerprint density at radius 2 is 2.00 bits per heavy atom. The Balaban J connectivity index is 2.07. The molecule has 6 nitrogen and oxygen atoms in total. The van der Waals surface area contributed by atoms with Crippen molar-refractivity contribution in [3.05, 3.63) is 59.4 Å². The van der Waals surface area contributed by atoms with E-state index >= 15 is 0 Å². The van der Waals surface area contributed by atoms with Crippen LogP contribution in [0.4, 0.5) is 17.6 Å². The SMILES string of the molecule is O=C(NO)c1cnc(Cn2c(C(F)(F)F)nc3ccccc32)c(F)c1. The van der Waals surface area contributed by atoms with Crippen LogP contribution in [-0.4, -0.2) is 25.6 Å². The highest BCUT2D eigenvalue weighted by Gasteiger charge is 2.37. The Morgan fingerprint density at radius 1 is 1.28 bits per heavy atom. The molecule has 25 heavy (non-hydrogen) atoms. The number of fused-ring (bicyclic) bond motifs is 1. The van der Waals surface area contributed by atoms with Crippen LogP contribution in [0, 0.1) is 5.82 Å². The number of aromatic nitrogens is 3. The molecule has 3 rings (SSSR count). The number of benzene rings is 1. The first kappa shape index (κ1) is 16.8. The first-order valence-electron chi connectivity index (χ1n) is 6.92. The fourth-order valence-corrected chi connectivity index (χ4v) is 2.37. The lowest BCUT2D eigenvalue weighted by atomic mass is 10.2. The van der Waals surface area contributed by atoms with Crippen LogP contribution in [0.2, 0.25) is 0 Å². The van der Waals surface area contributed by atoms with Gasteiger partial charge in [-0.25, -0.2) is 14.9 Å². The lowest BCUT2D eigenvalue weighted by Crippen LogP contribution is -2.20. The average Bonchev–Trinajstić information content (AvgIpc) is 2.95. The van der Waals surface area contributed by atoms with Gasteiger partial charge in [0.1, 0.15) is 5.82 Å². The van der Waals surface area contributed by atoms with Crippen molar-refractivity contribution in [2.75, 3.05) is 0 Å². The third-order valence-electron chi connectivity index (χ3n) is 3.50. The van der Waals surface area contributed by atoms with Gasteiger partial charge in [0.05, 0.1) is 28.8 Å². The number of rotatable bonds is 3. The van der Waals surface area contributed by atoms with Crippen LogP contribution >= 0.6 is 0 Å². The third-order valence-corrected chi connectivity index (χ3v) is 3.50. The largest absolute Gasteiger partial charge is 0.449 e. The highest BCUT2D eigenvalue weighted by Crippen LogP contribution is 2.32. The van der Waals surface area contributed by atoms with Crippen LogP contribution in [0.25, 0.3) is 11.0 Å². The number of hydrogen-bond acceptors (Lipinski definition) is 4. The molecule has 2 heterocycles. The van der Waals surface area contributed by atoms with Gasteiger partial charge in [0.15, 0.2) is 0 Å². The smallest absolute Gasteiger partial charge is 0.314 e.